The van der Waals surface area contributed by atoms with Gasteiger partial charge in [0.05, 0.1) is 11.1 Å². The third-order valence-electron chi connectivity index (χ3n) is 4.40. The normalized spacial score (nSPS) is 10.8. The van der Waals surface area contributed by atoms with Crippen molar-refractivity contribution in [3.63, 3.8) is 0 Å². The molecule has 0 unspecified atom stereocenters. The van der Waals surface area contributed by atoms with Crippen LogP contribution in [0.5, 0.6) is 5.75 Å². The number of ether oxygens (including phenoxy) is 1. The van der Waals surface area contributed by atoms with Gasteiger partial charge in [-0.2, -0.15) is 0 Å². The molecule has 138 valence electrons. The van der Waals surface area contributed by atoms with Crippen molar-refractivity contribution in [2.75, 3.05) is 0 Å². The summed E-state index contributed by atoms with van der Waals surface area (Å²) in [5.41, 5.74) is 2.26. The summed E-state index contributed by atoms with van der Waals surface area (Å²) in [5.74, 6) is -0.136. The third kappa shape index (κ3) is 3.40. The first-order valence-corrected chi connectivity index (χ1v) is 8.86. The maximum atomic E-state index is 12.5. The molecule has 2 aromatic carbocycles. The molecule has 0 radical (unpaired) electrons. The molecule has 0 N–H and O–H groups in total. The predicted octanol–water partition coefficient (Wildman–Crippen LogP) is 5.04. The Kier molecular flexibility index (Phi) is 4.67. The molecule has 5 nitrogen and oxygen atoms in total. The Balaban J connectivity index is 1.77. The number of hydrogen-bond acceptors (Lipinski definition) is 5. The summed E-state index contributed by atoms with van der Waals surface area (Å²) < 4.78 is 10.9. The molecule has 0 aliphatic carbocycles. The molecule has 0 bridgehead atoms. The van der Waals surface area contributed by atoms with Crippen LogP contribution in [0.15, 0.2) is 76.2 Å². The molecule has 2 heterocycles. The summed E-state index contributed by atoms with van der Waals surface area (Å²) in [5, 5.41) is 1.27. The summed E-state index contributed by atoms with van der Waals surface area (Å²) in [6.07, 6.45) is 3.04. The van der Waals surface area contributed by atoms with Crippen molar-refractivity contribution in [3.8, 4) is 16.9 Å². The minimum absolute atomic E-state index is 0.355. The number of aromatic nitrogens is 1. The monoisotopic (exact) mass is 391 g/mol. The summed E-state index contributed by atoms with van der Waals surface area (Å²) in [7, 11) is 0. The Morgan fingerprint density at radius 2 is 1.75 bits per heavy atom. The second-order valence-corrected chi connectivity index (χ2v) is 6.62. The largest absolute Gasteiger partial charge is 0.423 e. The Labute approximate surface area is 165 Å². The van der Waals surface area contributed by atoms with Crippen LogP contribution in [-0.4, -0.2) is 11.0 Å². The van der Waals surface area contributed by atoms with Crippen LogP contribution < -0.4 is 10.4 Å². The van der Waals surface area contributed by atoms with E-state index in [-0.39, 0.29) is 0 Å². The molecule has 4 aromatic rings. The van der Waals surface area contributed by atoms with Gasteiger partial charge in [-0.25, -0.2) is 9.59 Å². The van der Waals surface area contributed by atoms with E-state index >= 15 is 0 Å². The number of benzene rings is 2. The molecule has 0 aliphatic heterocycles. The lowest BCUT2D eigenvalue weighted by atomic mass is 9.99. The van der Waals surface area contributed by atoms with E-state index in [0.29, 0.717) is 38.4 Å². The second-order valence-electron chi connectivity index (χ2n) is 6.18. The number of carbonyl (C=O) groups is 1. The van der Waals surface area contributed by atoms with Gasteiger partial charge in [-0.15, -0.1) is 0 Å². The van der Waals surface area contributed by atoms with E-state index in [0.717, 1.165) is 5.56 Å². The molecule has 0 saturated heterocycles. The Bertz CT molecular complexity index is 1230. The van der Waals surface area contributed by atoms with Crippen molar-refractivity contribution >= 4 is 28.5 Å². The van der Waals surface area contributed by atoms with Gasteiger partial charge < -0.3 is 9.15 Å². The standard InChI is InChI=1S/C22H14ClNO4/c1-13-18-12-17(27-21(25)15-8-10-24-11-9-15)6-7-19(18)28-22(26)20(13)14-2-4-16(23)5-3-14/h2-12H,1H3. The van der Waals surface area contributed by atoms with Crippen LogP contribution in [0.25, 0.3) is 22.1 Å². The fourth-order valence-electron chi connectivity index (χ4n) is 3.00. The van der Waals surface area contributed by atoms with Gasteiger partial charge in [0, 0.05) is 22.8 Å². The minimum atomic E-state index is -0.491. The van der Waals surface area contributed by atoms with E-state index in [1.165, 1.54) is 12.4 Å². The van der Waals surface area contributed by atoms with E-state index in [1.54, 1.807) is 54.6 Å². The van der Waals surface area contributed by atoms with Crippen molar-refractivity contribution < 1.29 is 13.9 Å². The molecule has 0 spiro atoms. The molecule has 0 atom stereocenters. The summed E-state index contributed by atoms with van der Waals surface area (Å²) in [6.45, 7) is 1.83. The number of hydrogen-bond donors (Lipinski definition) is 0. The molecular formula is C22H14ClNO4. The lowest BCUT2D eigenvalue weighted by molar-refractivity contribution is 0.0735. The van der Waals surface area contributed by atoms with Crippen LogP contribution in [-0.2, 0) is 0 Å². The number of pyridine rings is 1. The summed E-state index contributed by atoms with van der Waals surface area (Å²) in [6, 6.07) is 15.0. The van der Waals surface area contributed by atoms with Crippen LogP contribution >= 0.6 is 11.6 Å². The lowest BCUT2D eigenvalue weighted by Crippen LogP contribution is -2.09. The lowest BCUT2D eigenvalue weighted by Gasteiger charge is -2.10. The molecule has 28 heavy (non-hydrogen) atoms. The first-order valence-electron chi connectivity index (χ1n) is 8.48. The first-order chi connectivity index (χ1) is 13.5. The first kappa shape index (κ1) is 17.9. The Hall–Kier alpha value is -3.44. The van der Waals surface area contributed by atoms with Crippen LogP contribution in [0, 0.1) is 6.92 Å². The molecule has 0 saturated carbocycles. The Morgan fingerprint density at radius 3 is 2.46 bits per heavy atom. The maximum Gasteiger partial charge on any atom is 0.344 e. The van der Waals surface area contributed by atoms with Gasteiger partial charge >= 0.3 is 11.6 Å². The van der Waals surface area contributed by atoms with Gasteiger partial charge in [-0.1, -0.05) is 23.7 Å². The van der Waals surface area contributed by atoms with Crippen LogP contribution in [0.3, 0.4) is 0 Å². The number of esters is 1. The highest BCUT2D eigenvalue weighted by Crippen LogP contribution is 2.30. The van der Waals surface area contributed by atoms with E-state index < -0.39 is 11.6 Å². The van der Waals surface area contributed by atoms with Crippen LogP contribution in [0.4, 0.5) is 0 Å². The van der Waals surface area contributed by atoms with Gasteiger partial charge in [0.25, 0.3) is 0 Å². The SMILES string of the molecule is Cc1c(-c2ccc(Cl)cc2)c(=O)oc2ccc(OC(=O)c3ccncc3)cc12. The maximum absolute atomic E-state index is 12.5. The number of rotatable bonds is 3. The van der Waals surface area contributed by atoms with Gasteiger partial charge in [-0.05, 0) is 60.5 Å². The molecule has 4 rings (SSSR count). The molecular weight excluding hydrogens is 378 g/mol. The summed E-state index contributed by atoms with van der Waals surface area (Å²) >= 11 is 5.94. The molecule has 0 aliphatic rings. The number of carbonyl (C=O) groups excluding carboxylic acids is 1. The van der Waals surface area contributed by atoms with Crippen molar-refractivity contribution in [2.45, 2.75) is 6.92 Å². The van der Waals surface area contributed by atoms with Crippen molar-refractivity contribution in [1.29, 1.82) is 0 Å². The number of aryl methyl sites for hydroxylation is 1. The quantitative estimate of drug-likeness (QED) is 0.278. The van der Waals surface area contributed by atoms with Crippen LogP contribution in [0.1, 0.15) is 15.9 Å². The van der Waals surface area contributed by atoms with E-state index in [2.05, 4.69) is 4.98 Å². The number of halogens is 1. The average Bonchev–Trinajstić information content (AvgIpc) is 2.70. The van der Waals surface area contributed by atoms with Gasteiger partial charge in [-0.3, -0.25) is 4.98 Å². The van der Waals surface area contributed by atoms with Crippen molar-refractivity contribution in [1.82, 2.24) is 4.98 Å². The zero-order valence-corrected chi connectivity index (χ0v) is 15.6. The fourth-order valence-corrected chi connectivity index (χ4v) is 3.12. The molecule has 0 fully saturated rings. The summed E-state index contributed by atoms with van der Waals surface area (Å²) in [4.78, 5) is 28.7. The van der Waals surface area contributed by atoms with Gasteiger partial charge in [0.15, 0.2) is 0 Å². The Morgan fingerprint density at radius 1 is 1.04 bits per heavy atom. The fraction of sp³-hybridized carbons (Fsp3) is 0.0455. The number of nitrogens with zero attached hydrogens (tertiary/aromatic N) is 1. The van der Waals surface area contributed by atoms with Crippen molar-refractivity contribution in [2.24, 2.45) is 0 Å². The highest BCUT2D eigenvalue weighted by Gasteiger charge is 2.15. The highest BCUT2D eigenvalue weighted by atomic mass is 35.5. The van der Waals surface area contributed by atoms with E-state index in [4.69, 9.17) is 20.8 Å². The number of fused-ring (bicyclic) bond motifs is 1. The topological polar surface area (TPSA) is 69.4 Å². The molecule has 0 amide bonds. The zero-order valence-electron chi connectivity index (χ0n) is 14.8. The van der Waals surface area contributed by atoms with Crippen molar-refractivity contribution in [3.05, 3.63) is 93.6 Å². The minimum Gasteiger partial charge on any atom is -0.423 e. The van der Waals surface area contributed by atoms with E-state index in [9.17, 15) is 9.59 Å². The van der Waals surface area contributed by atoms with Crippen LogP contribution in [0.2, 0.25) is 5.02 Å². The predicted molar refractivity (Wildman–Crippen MR) is 107 cm³/mol. The van der Waals surface area contributed by atoms with E-state index in [1.807, 2.05) is 6.92 Å². The molecule has 2 aromatic heterocycles. The molecule has 6 heteroatoms. The van der Waals surface area contributed by atoms with Gasteiger partial charge in [0.1, 0.15) is 11.3 Å². The second kappa shape index (κ2) is 7.29. The average molecular weight is 392 g/mol. The van der Waals surface area contributed by atoms with Gasteiger partial charge in [0.2, 0.25) is 0 Å². The third-order valence-corrected chi connectivity index (χ3v) is 4.65. The highest BCUT2D eigenvalue weighted by molar-refractivity contribution is 6.30. The zero-order chi connectivity index (χ0) is 19.7. The smallest absolute Gasteiger partial charge is 0.344 e.